The van der Waals surface area contributed by atoms with E-state index in [1.807, 2.05) is 0 Å². The van der Waals surface area contributed by atoms with Crippen LogP contribution >= 0.6 is 23.2 Å². The van der Waals surface area contributed by atoms with E-state index in [4.69, 9.17) is 28.3 Å². The lowest BCUT2D eigenvalue weighted by Gasteiger charge is -2.04. The third-order valence-electron chi connectivity index (χ3n) is 1.39. The summed E-state index contributed by atoms with van der Waals surface area (Å²) in [6.07, 6.45) is 0. The molecule has 0 bridgehead atoms. The monoisotopic (exact) mass is 190 g/mol. The zero-order valence-electron chi connectivity index (χ0n) is 5.80. The molecule has 1 aromatic rings. The summed E-state index contributed by atoms with van der Waals surface area (Å²) in [6.45, 7) is -0.0524. The number of aliphatic hydroxyl groups excluding tert-OH is 1. The first kappa shape index (κ1) is 8.85. The average molecular weight is 191 g/mol. The van der Waals surface area contributed by atoms with E-state index in [1.54, 1.807) is 24.3 Å². The van der Waals surface area contributed by atoms with E-state index in [9.17, 15) is 0 Å². The van der Waals surface area contributed by atoms with E-state index < -0.39 is 0 Å². The zero-order chi connectivity index (χ0) is 8.27. The minimum atomic E-state index is -0.327. The zero-order valence-corrected chi connectivity index (χ0v) is 7.31. The summed E-state index contributed by atoms with van der Waals surface area (Å²) < 4.78 is 0. The van der Waals surface area contributed by atoms with Gasteiger partial charge >= 0.3 is 0 Å². The van der Waals surface area contributed by atoms with Crippen LogP contribution in [-0.4, -0.2) is 11.7 Å². The molecular weight excluding hydrogens is 183 g/mol. The molecule has 1 N–H and O–H groups in total. The van der Waals surface area contributed by atoms with Crippen LogP contribution in [0.25, 0.3) is 0 Å². The van der Waals surface area contributed by atoms with Gasteiger partial charge in [-0.25, -0.2) is 0 Å². The minimum Gasteiger partial charge on any atom is -0.394 e. The summed E-state index contributed by atoms with van der Waals surface area (Å²) in [6, 6.07) is 7.11. The third kappa shape index (κ3) is 2.37. The molecule has 0 saturated heterocycles. The van der Waals surface area contributed by atoms with E-state index in [0.717, 1.165) is 5.56 Å². The standard InChI is InChI=1S/C8H8Cl2O/c9-7-3-1-6(2-4-7)8(10)5-11/h1-4,8,11H,5H2/t8-/m1/s1. The van der Waals surface area contributed by atoms with Gasteiger partial charge < -0.3 is 5.11 Å². The molecule has 0 aliphatic heterocycles. The molecule has 0 fully saturated rings. The Bertz CT molecular complexity index is 220. The SMILES string of the molecule is OC[C@@H](Cl)c1ccc(Cl)cc1. The fraction of sp³-hybridized carbons (Fsp3) is 0.250. The summed E-state index contributed by atoms with van der Waals surface area (Å²) in [5, 5.41) is 9.04. The molecule has 0 radical (unpaired) electrons. The predicted octanol–water partition coefficient (Wildman–Crippen LogP) is 2.61. The summed E-state index contributed by atoms with van der Waals surface area (Å²) in [5.74, 6) is 0. The molecule has 1 atom stereocenters. The Labute approximate surface area is 75.6 Å². The van der Waals surface area contributed by atoms with Gasteiger partial charge in [0.1, 0.15) is 0 Å². The van der Waals surface area contributed by atoms with Crippen molar-refractivity contribution in [3.05, 3.63) is 34.9 Å². The lowest BCUT2D eigenvalue weighted by atomic mass is 10.2. The molecule has 3 heteroatoms. The maximum atomic E-state index is 8.69. The van der Waals surface area contributed by atoms with Gasteiger partial charge in [0.05, 0.1) is 12.0 Å². The van der Waals surface area contributed by atoms with Gasteiger partial charge in [0.15, 0.2) is 0 Å². The Morgan fingerprint density at radius 2 is 1.82 bits per heavy atom. The first-order valence-electron chi connectivity index (χ1n) is 3.24. The summed E-state index contributed by atoms with van der Waals surface area (Å²) in [4.78, 5) is 0. The van der Waals surface area contributed by atoms with Gasteiger partial charge in [-0.05, 0) is 17.7 Å². The Hall–Kier alpha value is -0.240. The molecular formula is C8H8Cl2O. The normalized spacial score (nSPS) is 13.0. The first-order chi connectivity index (χ1) is 5.24. The Morgan fingerprint density at radius 3 is 2.27 bits per heavy atom. The van der Waals surface area contributed by atoms with E-state index in [0.29, 0.717) is 5.02 Å². The van der Waals surface area contributed by atoms with Gasteiger partial charge in [0, 0.05) is 5.02 Å². The molecule has 1 aromatic carbocycles. The van der Waals surface area contributed by atoms with Crippen molar-refractivity contribution in [2.24, 2.45) is 0 Å². The number of rotatable bonds is 2. The lowest BCUT2D eigenvalue weighted by molar-refractivity contribution is 0.294. The minimum absolute atomic E-state index is 0.0524. The second-order valence-corrected chi connectivity index (χ2v) is 3.16. The van der Waals surface area contributed by atoms with Crippen molar-refractivity contribution < 1.29 is 5.11 Å². The van der Waals surface area contributed by atoms with Crippen LogP contribution in [0.5, 0.6) is 0 Å². The molecule has 1 nitrogen and oxygen atoms in total. The Kier molecular flexibility index (Phi) is 3.18. The Balaban J connectivity index is 2.81. The van der Waals surface area contributed by atoms with Crippen LogP contribution in [0, 0.1) is 0 Å². The van der Waals surface area contributed by atoms with Crippen LogP contribution < -0.4 is 0 Å². The largest absolute Gasteiger partial charge is 0.394 e. The lowest BCUT2D eigenvalue weighted by Crippen LogP contribution is -1.94. The van der Waals surface area contributed by atoms with Gasteiger partial charge in [-0.3, -0.25) is 0 Å². The van der Waals surface area contributed by atoms with Crippen LogP contribution in [-0.2, 0) is 0 Å². The molecule has 0 spiro atoms. The highest BCUT2D eigenvalue weighted by molar-refractivity contribution is 6.30. The van der Waals surface area contributed by atoms with E-state index in [2.05, 4.69) is 0 Å². The third-order valence-corrected chi connectivity index (χ3v) is 2.03. The fourth-order valence-corrected chi connectivity index (χ4v) is 1.05. The van der Waals surface area contributed by atoms with Gasteiger partial charge in [-0.1, -0.05) is 23.7 Å². The van der Waals surface area contributed by atoms with Gasteiger partial charge in [-0.2, -0.15) is 0 Å². The molecule has 0 aliphatic carbocycles. The molecule has 11 heavy (non-hydrogen) atoms. The maximum absolute atomic E-state index is 8.69. The van der Waals surface area contributed by atoms with Crippen LogP contribution in [0.15, 0.2) is 24.3 Å². The van der Waals surface area contributed by atoms with E-state index >= 15 is 0 Å². The summed E-state index contributed by atoms with van der Waals surface area (Å²) in [5.41, 5.74) is 0.888. The smallest absolute Gasteiger partial charge is 0.0816 e. The topological polar surface area (TPSA) is 20.2 Å². The maximum Gasteiger partial charge on any atom is 0.0816 e. The molecule has 0 amide bonds. The van der Waals surface area contributed by atoms with Crippen LogP contribution in [0.3, 0.4) is 0 Å². The van der Waals surface area contributed by atoms with E-state index in [1.165, 1.54) is 0 Å². The molecule has 0 unspecified atom stereocenters. The van der Waals surface area contributed by atoms with Gasteiger partial charge in [-0.15, -0.1) is 11.6 Å². The number of halogens is 2. The first-order valence-corrected chi connectivity index (χ1v) is 4.06. The molecule has 0 aliphatic rings. The molecule has 0 saturated carbocycles. The highest BCUT2D eigenvalue weighted by Gasteiger charge is 2.04. The molecule has 0 aromatic heterocycles. The number of aliphatic hydroxyl groups is 1. The number of benzene rings is 1. The second-order valence-electron chi connectivity index (χ2n) is 2.20. The van der Waals surface area contributed by atoms with Crippen molar-refractivity contribution >= 4 is 23.2 Å². The van der Waals surface area contributed by atoms with Crippen molar-refractivity contribution in [2.75, 3.05) is 6.61 Å². The Morgan fingerprint density at radius 1 is 1.27 bits per heavy atom. The number of alkyl halides is 1. The van der Waals surface area contributed by atoms with Crippen molar-refractivity contribution in [1.82, 2.24) is 0 Å². The van der Waals surface area contributed by atoms with Gasteiger partial charge in [0.2, 0.25) is 0 Å². The van der Waals surface area contributed by atoms with Crippen LogP contribution in [0.2, 0.25) is 5.02 Å². The van der Waals surface area contributed by atoms with Crippen molar-refractivity contribution in [2.45, 2.75) is 5.38 Å². The van der Waals surface area contributed by atoms with Crippen LogP contribution in [0.1, 0.15) is 10.9 Å². The van der Waals surface area contributed by atoms with Crippen molar-refractivity contribution in [1.29, 1.82) is 0 Å². The second kappa shape index (κ2) is 3.96. The van der Waals surface area contributed by atoms with Crippen molar-refractivity contribution in [3.8, 4) is 0 Å². The van der Waals surface area contributed by atoms with Crippen molar-refractivity contribution in [3.63, 3.8) is 0 Å². The van der Waals surface area contributed by atoms with E-state index in [-0.39, 0.29) is 12.0 Å². The average Bonchev–Trinajstić information content (AvgIpc) is 2.05. The molecule has 1 rings (SSSR count). The summed E-state index contributed by atoms with van der Waals surface area (Å²) in [7, 11) is 0. The molecule has 0 heterocycles. The molecule has 60 valence electrons. The quantitative estimate of drug-likeness (QED) is 0.712. The van der Waals surface area contributed by atoms with Gasteiger partial charge in [0.25, 0.3) is 0 Å². The number of hydrogen-bond donors (Lipinski definition) is 1. The fourth-order valence-electron chi connectivity index (χ4n) is 0.777. The highest BCUT2D eigenvalue weighted by atomic mass is 35.5. The van der Waals surface area contributed by atoms with Crippen LogP contribution in [0.4, 0.5) is 0 Å². The summed E-state index contributed by atoms with van der Waals surface area (Å²) >= 11 is 11.4. The predicted molar refractivity (Wildman–Crippen MR) is 47.1 cm³/mol. The number of hydrogen-bond acceptors (Lipinski definition) is 1. The highest BCUT2D eigenvalue weighted by Crippen LogP contribution is 2.20.